The number of rotatable bonds is 5. The molecule has 2 aliphatic rings. The van der Waals surface area contributed by atoms with Crippen molar-refractivity contribution in [3.8, 4) is 22.7 Å². The molecule has 2 aliphatic heterocycles. The molecule has 0 radical (unpaired) electrons. The van der Waals surface area contributed by atoms with Gasteiger partial charge in [0, 0.05) is 42.0 Å². The lowest BCUT2D eigenvalue weighted by atomic mass is 9.94. The second kappa shape index (κ2) is 11.9. The van der Waals surface area contributed by atoms with E-state index in [1.165, 1.54) is 0 Å². The van der Waals surface area contributed by atoms with E-state index in [1.54, 1.807) is 34.1 Å². The first kappa shape index (κ1) is 27.3. The maximum absolute atomic E-state index is 13.5. The quantitative estimate of drug-likeness (QED) is 0.303. The third-order valence-electron chi connectivity index (χ3n) is 7.66. The Morgan fingerprint density at radius 2 is 1.73 bits per heavy atom. The summed E-state index contributed by atoms with van der Waals surface area (Å²) in [6.45, 7) is 1.54. The van der Waals surface area contributed by atoms with Crippen LogP contribution < -0.4 is 10.1 Å². The number of piperidine rings is 1. The number of benzene rings is 2. The number of pyridine rings is 1. The Bertz CT molecular complexity index is 1550. The van der Waals surface area contributed by atoms with Crippen LogP contribution in [0.25, 0.3) is 16.9 Å². The number of likely N-dealkylation sites (tertiary alicyclic amines) is 1. The van der Waals surface area contributed by atoms with Crippen LogP contribution >= 0.6 is 23.2 Å². The largest absolute Gasteiger partial charge is 0.489 e. The maximum Gasteiger partial charge on any atom is 0.255 e. The van der Waals surface area contributed by atoms with Crippen LogP contribution in [0.5, 0.6) is 5.75 Å². The average molecular weight is 591 g/mol. The van der Waals surface area contributed by atoms with Crippen molar-refractivity contribution in [1.29, 1.82) is 0 Å². The minimum Gasteiger partial charge on any atom is -0.489 e. The zero-order valence-electron chi connectivity index (χ0n) is 22.3. The molecule has 0 bridgehead atoms. The van der Waals surface area contributed by atoms with E-state index in [2.05, 4.69) is 10.3 Å². The van der Waals surface area contributed by atoms with Gasteiger partial charge >= 0.3 is 0 Å². The predicted octanol–water partition coefficient (Wildman–Crippen LogP) is 6.12. The van der Waals surface area contributed by atoms with Crippen LogP contribution in [-0.2, 0) is 4.79 Å². The van der Waals surface area contributed by atoms with Gasteiger partial charge in [-0.3, -0.25) is 14.6 Å². The van der Waals surface area contributed by atoms with Crippen LogP contribution in [0.1, 0.15) is 47.8 Å². The molecule has 0 spiro atoms. The first-order valence-electron chi connectivity index (χ1n) is 13.8. The van der Waals surface area contributed by atoms with Crippen LogP contribution in [0, 0.1) is 5.92 Å². The summed E-state index contributed by atoms with van der Waals surface area (Å²) in [6.07, 6.45) is 5.87. The molecule has 210 valence electrons. The normalized spacial score (nSPS) is 17.3. The van der Waals surface area contributed by atoms with Gasteiger partial charge in [0.1, 0.15) is 11.4 Å². The summed E-state index contributed by atoms with van der Waals surface area (Å²) in [5.41, 5.74) is 3.58. The van der Waals surface area contributed by atoms with Crippen LogP contribution in [0.2, 0.25) is 10.0 Å². The van der Waals surface area contributed by atoms with Gasteiger partial charge in [0.05, 0.1) is 28.9 Å². The lowest BCUT2D eigenvalue weighted by Gasteiger charge is -2.32. The van der Waals surface area contributed by atoms with Crippen LogP contribution in [0.3, 0.4) is 0 Å². The molecule has 8 nitrogen and oxygen atoms in total. The number of carbonyl (C=O) groups excluding carboxylic acids is 2. The molecule has 0 saturated carbocycles. The van der Waals surface area contributed by atoms with Crippen molar-refractivity contribution in [3.05, 3.63) is 94.4 Å². The Morgan fingerprint density at radius 1 is 0.951 bits per heavy atom. The Hall–Kier alpha value is -3.88. The summed E-state index contributed by atoms with van der Waals surface area (Å²) in [5.74, 6) is 0.355. The van der Waals surface area contributed by atoms with E-state index in [9.17, 15) is 9.59 Å². The smallest absolute Gasteiger partial charge is 0.255 e. The summed E-state index contributed by atoms with van der Waals surface area (Å²) >= 11 is 12.8. The van der Waals surface area contributed by atoms with Gasteiger partial charge in [0.2, 0.25) is 5.91 Å². The van der Waals surface area contributed by atoms with E-state index in [0.29, 0.717) is 71.7 Å². The van der Waals surface area contributed by atoms with Gasteiger partial charge in [0.25, 0.3) is 5.91 Å². The maximum atomic E-state index is 13.5. The van der Waals surface area contributed by atoms with E-state index in [1.807, 2.05) is 48.5 Å². The lowest BCUT2D eigenvalue weighted by molar-refractivity contribution is -0.127. The highest BCUT2D eigenvalue weighted by atomic mass is 35.5. The molecular formula is C31H29Cl2N5O3. The highest BCUT2D eigenvalue weighted by molar-refractivity contribution is 6.32. The Balaban J connectivity index is 1.25. The number of halogens is 2. The summed E-state index contributed by atoms with van der Waals surface area (Å²) in [6, 6.07) is 18.2. The Kier molecular flexibility index (Phi) is 7.94. The number of carbonyl (C=O) groups is 2. The van der Waals surface area contributed by atoms with Crippen LogP contribution in [-0.4, -0.2) is 51.2 Å². The van der Waals surface area contributed by atoms with Crippen molar-refractivity contribution < 1.29 is 14.3 Å². The minimum absolute atomic E-state index is 0.0309. The van der Waals surface area contributed by atoms with Gasteiger partial charge in [-0.25, -0.2) is 4.68 Å². The molecule has 4 heterocycles. The van der Waals surface area contributed by atoms with E-state index in [4.69, 9.17) is 33.0 Å². The van der Waals surface area contributed by atoms with Gasteiger partial charge in [-0.15, -0.1) is 0 Å². The standard InChI is InChI=1S/C31H29Cl2N5O3/c32-23-11-9-20(10-12-23)28-29-27(36-38(28)26-8-2-1-6-24(26)33)25(7-4-18-41-29)35-30(39)21-13-16-37(17-14-21)31(40)22-5-3-15-34-19-22/h1-3,5-6,8-12,15,19,21,25H,4,7,13-14,16-18H2,(H,35,39). The van der Waals surface area contributed by atoms with Gasteiger partial charge in [-0.2, -0.15) is 5.10 Å². The first-order valence-corrected chi connectivity index (χ1v) is 14.5. The van der Waals surface area contributed by atoms with Crippen molar-refractivity contribution in [2.24, 2.45) is 5.92 Å². The number of para-hydroxylation sites is 1. The average Bonchev–Trinajstić information content (AvgIpc) is 3.27. The lowest BCUT2D eigenvalue weighted by Crippen LogP contribution is -2.43. The van der Waals surface area contributed by atoms with Crippen molar-refractivity contribution in [3.63, 3.8) is 0 Å². The molecule has 1 unspecified atom stereocenters. The number of nitrogens with zero attached hydrogens (tertiary/aromatic N) is 4. The van der Waals surface area contributed by atoms with Gasteiger partial charge in [-0.1, -0.05) is 47.5 Å². The molecule has 1 fully saturated rings. The van der Waals surface area contributed by atoms with E-state index in [0.717, 1.165) is 17.7 Å². The zero-order chi connectivity index (χ0) is 28.3. The van der Waals surface area contributed by atoms with Gasteiger partial charge < -0.3 is 15.0 Å². The predicted molar refractivity (Wildman–Crippen MR) is 157 cm³/mol. The second-order valence-electron chi connectivity index (χ2n) is 10.3. The number of hydrogen-bond donors (Lipinski definition) is 1. The summed E-state index contributed by atoms with van der Waals surface area (Å²) in [5, 5.41) is 9.43. The summed E-state index contributed by atoms with van der Waals surface area (Å²) in [7, 11) is 0. The third kappa shape index (κ3) is 5.67. The summed E-state index contributed by atoms with van der Waals surface area (Å²) < 4.78 is 8.08. The fourth-order valence-electron chi connectivity index (χ4n) is 5.49. The van der Waals surface area contributed by atoms with E-state index in [-0.39, 0.29) is 23.8 Å². The molecule has 0 aliphatic carbocycles. The molecule has 41 heavy (non-hydrogen) atoms. The fraction of sp³-hybridized carbons (Fsp3) is 0.290. The number of nitrogens with one attached hydrogen (secondary N) is 1. The van der Waals surface area contributed by atoms with Crippen molar-refractivity contribution in [2.45, 2.75) is 31.7 Å². The zero-order valence-corrected chi connectivity index (χ0v) is 23.8. The SMILES string of the molecule is O=C(NC1CCCOc2c1nn(-c1ccccc1Cl)c2-c1ccc(Cl)cc1)C1CCN(C(=O)c2cccnc2)CC1. The molecule has 10 heteroatoms. The molecular weight excluding hydrogens is 561 g/mol. The Labute approximate surface area is 248 Å². The van der Waals surface area contributed by atoms with Gasteiger partial charge in [-0.05, 0) is 62.1 Å². The molecule has 1 atom stereocenters. The van der Waals surface area contributed by atoms with Crippen LogP contribution in [0.15, 0.2) is 73.1 Å². The molecule has 2 aromatic heterocycles. The number of fused-ring (bicyclic) bond motifs is 1. The van der Waals surface area contributed by atoms with Crippen molar-refractivity contribution in [1.82, 2.24) is 25.0 Å². The van der Waals surface area contributed by atoms with E-state index >= 15 is 0 Å². The number of hydrogen-bond acceptors (Lipinski definition) is 5. The topological polar surface area (TPSA) is 89.4 Å². The molecule has 6 rings (SSSR count). The summed E-state index contributed by atoms with van der Waals surface area (Å²) in [4.78, 5) is 32.2. The second-order valence-corrected chi connectivity index (χ2v) is 11.1. The van der Waals surface area contributed by atoms with Crippen molar-refractivity contribution in [2.75, 3.05) is 19.7 Å². The monoisotopic (exact) mass is 589 g/mol. The van der Waals surface area contributed by atoms with Crippen LogP contribution in [0.4, 0.5) is 0 Å². The van der Waals surface area contributed by atoms with Crippen molar-refractivity contribution >= 4 is 35.0 Å². The number of aromatic nitrogens is 3. The first-order chi connectivity index (χ1) is 20.0. The van der Waals surface area contributed by atoms with Gasteiger partial charge in [0.15, 0.2) is 5.75 Å². The highest BCUT2D eigenvalue weighted by Crippen LogP contribution is 2.42. The molecule has 4 aromatic rings. The highest BCUT2D eigenvalue weighted by Gasteiger charge is 2.34. The molecule has 1 saturated heterocycles. The Morgan fingerprint density at radius 3 is 2.46 bits per heavy atom. The molecule has 1 N–H and O–H groups in total. The third-order valence-corrected chi connectivity index (χ3v) is 8.23. The minimum atomic E-state index is -0.329. The molecule has 2 aromatic carbocycles. The number of ether oxygens (including phenoxy) is 1. The van der Waals surface area contributed by atoms with E-state index < -0.39 is 0 Å². The number of amides is 2. The molecule has 2 amide bonds. The fourth-order valence-corrected chi connectivity index (χ4v) is 5.84.